The number of hydrogen-bond acceptors (Lipinski definition) is 5. The molecule has 2 aromatic heterocycles. The lowest BCUT2D eigenvalue weighted by Crippen LogP contribution is -2.41. The number of rotatable bonds is 6. The Morgan fingerprint density at radius 1 is 1.42 bits per heavy atom. The summed E-state index contributed by atoms with van der Waals surface area (Å²) in [5, 5.41) is 3.78. The summed E-state index contributed by atoms with van der Waals surface area (Å²) in [5.74, 6) is 1.78. The maximum absolute atomic E-state index is 12.6. The van der Waals surface area contributed by atoms with E-state index in [2.05, 4.69) is 22.2 Å². The standard InChI is InChI=1S/C19H26N4O2S/c1-10-2-5-12-14(8-10)26-19-17(12)18(25)22-15(23-19)6-7-16(24)21-13(9-20)11-3-4-11/h10-11,13H,2-9,20H2,1H3,(H,21,24)(H,22,23,25). The van der Waals surface area contributed by atoms with Crippen LogP contribution in [0.3, 0.4) is 0 Å². The van der Waals surface area contributed by atoms with Gasteiger partial charge in [-0.3, -0.25) is 9.59 Å². The number of carbonyl (C=O) groups excluding carboxylic acids is 1. The van der Waals surface area contributed by atoms with Crippen LogP contribution in [0.2, 0.25) is 0 Å². The van der Waals surface area contributed by atoms with Crippen molar-refractivity contribution in [2.45, 2.75) is 57.9 Å². The molecule has 2 aliphatic rings. The third-order valence-corrected chi connectivity index (χ3v) is 6.74. The molecule has 0 radical (unpaired) electrons. The summed E-state index contributed by atoms with van der Waals surface area (Å²) in [6.07, 6.45) is 6.19. The molecule has 1 saturated carbocycles. The molecule has 0 aliphatic heterocycles. The first-order chi connectivity index (χ1) is 12.5. The predicted octanol–water partition coefficient (Wildman–Crippen LogP) is 1.90. The van der Waals surface area contributed by atoms with E-state index in [0.717, 1.165) is 42.3 Å². The lowest BCUT2D eigenvalue weighted by molar-refractivity contribution is -0.121. The quantitative estimate of drug-likeness (QED) is 0.719. The normalized spacial score (nSPS) is 20.8. The highest BCUT2D eigenvalue weighted by atomic mass is 32.1. The molecule has 0 bridgehead atoms. The van der Waals surface area contributed by atoms with Crippen molar-refractivity contribution in [2.75, 3.05) is 6.54 Å². The number of hydrogen-bond donors (Lipinski definition) is 3. The molecule has 2 aromatic rings. The van der Waals surface area contributed by atoms with Gasteiger partial charge in [0.25, 0.3) is 5.56 Å². The lowest BCUT2D eigenvalue weighted by atomic mass is 9.89. The smallest absolute Gasteiger partial charge is 0.259 e. The van der Waals surface area contributed by atoms with Crippen molar-refractivity contribution >= 4 is 27.5 Å². The predicted molar refractivity (Wildman–Crippen MR) is 103 cm³/mol. The fourth-order valence-corrected chi connectivity index (χ4v) is 5.29. The number of thiophene rings is 1. The Morgan fingerprint density at radius 2 is 2.23 bits per heavy atom. The van der Waals surface area contributed by atoms with Crippen molar-refractivity contribution in [2.24, 2.45) is 17.6 Å². The van der Waals surface area contributed by atoms with Gasteiger partial charge in [0.15, 0.2) is 0 Å². The topological polar surface area (TPSA) is 101 Å². The van der Waals surface area contributed by atoms with E-state index in [1.165, 1.54) is 10.4 Å². The van der Waals surface area contributed by atoms with Crippen LogP contribution in [0.5, 0.6) is 0 Å². The van der Waals surface area contributed by atoms with Gasteiger partial charge in [0, 0.05) is 30.3 Å². The first-order valence-corrected chi connectivity index (χ1v) is 10.4. The first kappa shape index (κ1) is 17.7. The SMILES string of the molecule is CC1CCc2c(sc3nc(CCC(=O)NC(CN)C4CC4)[nH]c(=O)c23)C1. The highest BCUT2D eigenvalue weighted by Gasteiger charge is 2.31. The van der Waals surface area contributed by atoms with Gasteiger partial charge in [-0.15, -0.1) is 11.3 Å². The number of H-pyrrole nitrogens is 1. The summed E-state index contributed by atoms with van der Waals surface area (Å²) >= 11 is 1.64. The van der Waals surface area contributed by atoms with Crippen molar-refractivity contribution < 1.29 is 4.79 Å². The number of nitrogens with zero attached hydrogens (tertiary/aromatic N) is 1. The van der Waals surface area contributed by atoms with Gasteiger partial charge >= 0.3 is 0 Å². The molecule has 0 spiro atoms. The summed E-state index contributed by atoms with van der Waals surface area (Å²) in [6.45, 7) is 2.74. The van der Waals surface area contributed by atoms with Gasteiger partial charge in [-0.2, -0.15) is 0 Å². The van der Waals surface area contributed by atoms with Gasteiger partial charge in [0.05, 0.1) is 5.39 Å². The highest BCUT2D eigenvalue weighted by Crippen LogP contribution is 2.35. The summed E-state index contributed by atoms with van der Waals surface area (Å²) < 4.78 is 0. The molecule has 0 saturated heterocycles. The van der Waals surface area contributed by atoms with Crippen LogP contribution in [-0.2, 0) is 24.1 Å². The molecule has 2 unspecified atom stereocenters. The van der Waals surface area contributed by atoms with Gasteiger partial charge < -0.3 is 16.0 Å². The average Bonchev–Trinajstić information content (AvgIpc) is 3.38. The Balaban J connectivity index is 1.47. The van der Waals surface area contributed by atoms with Crippen LogP contribution in [0.25, 0.3) is 10.2 Å². The number of nitrogens with one attached hydrogen (secondary N) is 2. The second kappa shape index (κ2) is 7.12. The van der Waals surface area contributed by atoms with Crippen LogP contribution in [0.4, 0.5) is 0 Å². The van der Waals surface area contributed by atoms with E-state index in [9.17, 15) is 9.59 Å². The van der Waals surface area contributed by atoms with Crippen molar-refractivity contribution in [3.63, 3.8) is 0 Å². The number of fused-ring (bicyclic) bond motifs is 3. The molecule has 2 heterocycles. The summed E-state index contributed by atoms with van der Waals surface area (Å²) in [4.78, 5) is 34.4. The first-order valence-electron chi connectivity index (χ1n) is 9.58. The Labute approximate surface area is 156 Å². The third-order valence-electron chi connectivity index (χ3n) is 5.59. The largest absolute Gasteiger partial charge is 0.352 e. The van der Waals surface area contributed by atoms with Crippen molar-refractivity contribution in [3.05, 3.63) is 26.6 Å². The number of aryl methyl sites for hydroxylation is 2. The van der Waals surface area contributed by atoms with Gasteiger partial charge in [0.2, 0.25) is 5.91 Å². The van der Waals surface area contributed by atoms with Gasteiger partial charge in [-0.05, 0) is 49.5 Å². The van der Waals surface area contributed by atoms with Crippen LogP contribution in [0.1, 0.15) is 48.9 Å². The number of nitrogens with two attached hydrogens (primary N) is 1. The monoisotopic (exact) mass is 374 g/mol. The van der Waals surface area contributed by atoms with E-state index in [1.54, 1.807) is 11.3 Å². The van der Waals surface area contributed by atoms with Crippen LogP contribution >= 0.6 is 11.3 Å². The Morgan fingerprint density at radius 3 is 2.96 bits per heavy atom. The molecule has 1 amide bonds. The fourth-order valence-electron chi connectivity index (χ4n) is 3.89. The second-order valence-electron chi connectivity index (χ2n) is 7.79. The maximum Gasteiger partial charge on any atom is 0.259 e. The van der Waals surface area contributed by atoms with Crippen LogP contribution in [0.15, 0.2) is 4.79 Å². The zero-order chi connectivity index (χ0) is 18.3. The van der Waals surface area contributed by atoms with Crippen molar-refractivity contribution in [3.8, 4) is 0 Å². The molecular weight excluding hydrogens is 348 g/mol. The van der Waals surface area contributed by atoms with E-state index in [-0.39, 0.29) is 17.5 Å². The van der Waals surface area contributed by atoms with Crippen molar-refractivity contribution in [1.29, 1.82) is 0 Å². The molecule has 4 rings (SSSR count). The minimum Gasteiger partial charge on any atom is -0.352 e. The van der Waals surface area contributed by atoms with Gasteiger partial charge in [-0.1, -0.05) is 6.92 Å². The molecule has 26 heavy (non-hydrogen) atoms. The zero-order valence-corrected chi connectivity index (χ0v) is 16.0. The molecule has 7 heteroatoms. The summed E-state index contributed by atoms with van der Waals surface area (Å²) in [7, 11) is 0. The molecule has 140 valence electrons. The molecule has 2 aliphatic carbocycles. The fraction of sp³-hybridized carbons (Fsp3) is 0.632. The maximum atomic E-state index is 12.6. The number of carbonyl (C=O) groups is 1. The average molecular weight is 375 g/mol. The number of aromatic nitrogens is 2. The van der Waals surface area contributed by atoms with E-state index in [4.69, 9.17) is 5.73 Å². The van der Waals surface area contributed by atoms with E-state index < -0.39 is 0 Å². The minimum atomic E-state index is -0.0599. The molecule has 1 fully saturated rings. The molecule has 2 atom stereocenters. The summed E-state index contributed by atoms with van der Waals surface area (Å²) in [6, 6.07) is 0.0861. The third kappa shape index (κ3) is 3.55. The Hall–Kier alpha value is -1.73. The molecule has 6 nitrogen and oxygen atoms in total. The Bertz CT molecular complexity index is 884. The lowest BCUT2D eigenvalue weighted by Gasteiger charge is -2.17. The summed E-state index contributed by atoms with van der Waals surface area (Å²) in [5.41, 5.74) is 6.87. The second-order valence-corrected chi connectivity index (χ2v) is 8.88. The molecular formula is C19H26N4O2S. The van der Waals surface area contributed by atoms with E-state index in [0.29, 0.717) is 37.0 Å². The Kier molecular flexibility index (Phi) is 4.84. The van der Waals surface area contributed by atoms with E-state index in [1.807, 2.05) is 0 Å². The number of aromatic amines is 1. The highest BCUT2D eigenvalue weighted by molar-refractivity contribution is 7.18. The molecule has 4 N–H and O–H groups in total. The minimum absolute atomic E-state index is 0.0191. The molecule has 0 aromatic carbocycles. The van der Waals surface area contributed by atoms with E-state index >= 15 is 0 Å². The zero-order valence-electron chi connectivity index (χ0n) is 15.1. The van der Waals surface area contributed by atoms with Crippen LogP contribution in [-0.4, -0.2) is 28.5 Å². The number of amides is 1. The van der Waals surface area contributed by atoms with Gasteiger partial charge in [0.1, 0.15) is 10.7 Å². The van der Waals surface area contributed by atoms with Crippen LogP contribution < -0.4 is 16.6 Å². The van der Waals surface area contributed by atoms with Crippen molar-refractivity contribution in [1.82, 2.24) is 15.3 Å². The van der Waals surface area contributed by atoms with Gasteiger partial charge in [-0.25, -0.2) is 4.98 Å². The van der Waals surface area contributed by atoms with Crippen LogP contribution in [0, 0.1) is 11.8 Å².